The van der Waals surface area contributed by atoms with E-state index >= 15 is 0 Å². The highest BCUT2D eigenvalue weighted by Gasteiger charge is 2.07. The first-order valence-electron chi connectivity index (χ1n) is 5.38. The predicted octanol–water partition coefficient (Wildman–Crippen LogP) is 4.00. The Morgan fingerprint density at radius 2 is 2.06 bits per heavy atom. The number of hydrogen-bond acceptors (Lipinski definition) is 3. The smallest absolute Gasteiger partial charge is 0.124 e. The molecule has 1 aromatic heterocycles. The van der Waals surface area contributed by atoms with E-state index in [1.807, 2.05) is 43.3 Å². The van der Waals surface area contributed by atoms with Crippen molar-refractivity contribution in [2.75, 3.05) is 0 Å². The average molecular weight is 268 g/mol. The first-order valence-corrected chi connectivity index (χ1v) is 6.58. The lowest BCUT2D eigenvalue weighted by atomic mass is 10.1. The molecule has 0 amide bonds. The summed E-state index contributed by atoms with van der Waals surface area (Å²) in [4.78, 5) is 1.11. The summed E-state index contributed by atoms with van der Waals surface area (Å²) < 4.78 is 6.55. The number of halogens is 1. The highest BCUT2D eigenvalue weighted by Crippen LogP contribution is 2.26. The van der Waals surface area contributed by atoms with Crippen molar-refractivity contribution in [1.82, 2.24) is 0 Å². The van der Waals surface area contributed by atoms with Gasteiger partial charge in [-0.2, -0.15) is 0 Å². The zero-order valence-electron chi connectivity index (χ0n) is 9.52. The molecular formula is C13H14ClNOS. The van der Waals surface area contributed by atoms with Crippen molar-refractivity contribution in [3.8, 4) is 5.75 Å². The molecule has 1 atom stereocenters. The second kappa shape index (κ2) is 5.54. The average Bonchev–Trinajstić information content (AvgIpc) is 2.73. The lowest BCUT2D eigenvalue weighted by molar-refractivity contribution is 0.305. The number of thiophene rings is 1. The van der Waals surface area contributed by atoms with Crippen LogP contribution in [0.2, 0.25) is 4.34 Å². The van der Waals surface area contributed by atoms with Crippen molar-refractivity contribution in [2.24, 2.45) is 5.73 Å². The van der Waals surface area contributed by atoms with Crippen LogP contribution in [-0.2, 0) is 6.61 Å². The van der Waals surface area contributed by atoms with E-state index in [-0.39, 0.29) is 6.04 Å². The van der Waals surface area contributed by atoms with Crippen LogP contribution in [0.3, 0.4) is 0 Å². The maximum atomic E-state index is 5.89. The molecule has 4 heteroatoms. The highest BCUT2D eigenvalue weighted by molar-refractivity contribution is 7.16. The zero-order valence-corrected chi connectivity index (χ0v) is 11.1. The molecule has 0 spiro atoms. The van der Waals surface area contributed by atoms with Gasteiger partial charge >= 0.3 is 0 Å². The van der Waals surface area contributed by atoms with E-state index in [0.29, 0.717) is 6.61 Å². The molecule has 0 saturated carbocycles. The minimum atomic E-state index is -0.0295. The molecule has 1 heterocycles. The summed E-state index contributed by atoms with van der Waals surface area (Å²) in [6.45, 7) is 2.48. The number of benzene rings is 1. The van der Waals surface area contributed by atoms with Crippen LogP contribution in [0, 0.1) is 0 Å². The Bertz CT molecular complexity index is 496. The minimum Gasteiger partial charge on any atom is -0.488 e. The summed E-state index contributed by atoms with van der Waals surface area (Å²) >= 11 is 7.40. The molecule has 0 saturated heterocycles. The lowest BCUT2D eigenvalue weighted by Crippen LogP contribution is -2.07. The van der Waals surface area contributed by atoms with Crippen LogP contribution in [0.25, 0.3) is 0 Å². The van der Waals surface area contributed by atoms with Crippen molar-refractivity contribution in [1.29, 1.82) is 0 Å². The van der Waals surface area contributed by atoms with E-state index in [4.69, 9.17) is 22.1 Å². The Balaban J connectivity index is 2.08. The second-order valence-corrected chi connectivity index (χ2v) is 5.62. The van der Waals surface area contributed by atoms with Crippen molar-refractivity contribution in [3.63, 3.8) is 0 Å². The summed E-state index contributed by atoms with van der Waals surface area (Å²) in [5.74, 6) is 0.840. The molecule has 0 aliphatic carbocycles. The third kappa shape index (κ3) is 3.22. The molecule has 0 bridgehead atoms. The van der Waals surface area contributed by atoms with Crippen LogP contribution >= 0.6 is 22.9 Å². The standard InChI is InChI=1S/C13H14ClNOS/c1-9(15)11-4-2-3-5-12(11)16-8-10-6-7-13(14)17-10/h2-7,9H,8,15H2,1H3. The normalized spacial score (nSPS) is 12.4. The Labute approximate surface area is 110 Å². The van der Waals surface area contributed by atoms with Gasteiger partial charge in [-0.05, 0) is 25.1 Å². The van der Waals surface area contributed by atoms with Gasteiger partial charge in [0.05, 0.1) is 4.34 Å². The van der Waals surface area contributed by atoms with Gasteiger partial charge in [0, 0.05) is 16.5 Å². The predicted molar refractivity (Wildman–Crippen MR) is 72.7 cm³/mol. The van der Waals surface area contributed by atoms with Gasteiger partial charge in [-0.1, -0.05) is 29.8 Å². The quantitative estimate of drug-likeness (QED) is 0.909. The van der Waals surface area contributed by atoms with Gasteiger partial charge in [-0.15, -0.1) is 11.3 Å². The summed E-state index contributed by atoms with van der Waals surface area (Å²) in [6.07, 6.45) is 0. The first kappa shape index (κ1) is 12.4. The van der Waals surface area contributed by atoms with Crippen LogP contribution in [-0.4, -0.2) is 0 Å². The van der Waals surface area contributed by atoms with Crippen molar-refractivity contribution in [2.45, 2.75) is 19.6 Å². The molecule has 0 aliphatic heterocycles. The maximum absolute atomic E-state index is 5.89. The third-order valence-electron chi connectivity index (χ3n) is 2.41. The van der Waals surface area contributed by atoms with Gasteiger partial charge < -0.3 is 10.5 Å². The van der Waals surface area contributed by atoms with Gasteiger partial charge in [0.15, 0.2) is 0 Å². The van der Waals surface area contributed by atoms with Gasteiger partial charge in [0.2, 0.25) is 0 Å². The Morgan fingerprint density at radius 3 is 2.71 bits per heavy atom. The number of ether oxygens (including phenoxy) is 1. The molecule has 0 aliphatic rings. The van der Waals surface area contributed by atoms with Crippen LogP contribution in [0.5, 0.6) is 5.75 Å². The zero-order chi connectivity index (χ0) is 12.3. The molecule has 90 valence electrons. The Hall–Kier alpha value is -1.03. The molecule has 0 radical (unpaired) electrons. The topological polar surface area (TPSA) is 35.2 Å². The summed E-state index contributed by atoms with van der Waals surface area (Å²) in [6, 6.07) is 11.7. The fraction of sp³-hybridized carbons (Fsp3) is 0.231. The fourth-order valence-electron chi connectivity index (χ4n) is 1.57. The summed E-state index contributed by atoms with van der Waals surface area (Å²) in [5.41, 5.74) is 6.91. The Kier molecular flexibility index (Phi) is 4.05. The van der Waals surface area contributed by atoms with Crippen molar-refractivity contribution < 1.29 is 4.74 Å². The van der Waals surface area contributed by atoms with E-state index in [2.05, 4.69) is 0 Å². The van der Waals surface area contributed by atoms with Crippen LogP contribution in [0.4, 0.5) is 0 Å². The molecule has 2 N–H and O–H groups in total. The van der Waals surface area contributed by atoms with Crippen LogP contribution in [0.1, 0.15) is 23.4 Å². The monoisotopic (exact) mass is 267 g/mol. The molecule has 2 nitrogen and oxygen atoms in total. The largest absolute Gasteiger partial charge is 0.488 e. The van der Waals surface area contributed by atoms with Crippen molar-refractivity contribution in [3.05, 3.63) is 51.2 Å². The van der Waals surface area contributed by atoms with Gasteiger partial charge in [0.1, 0.15) is 12.4 Å². The number of hydrogen-bond donors (Lipinski definition) is 1. The van der Waals surface area contributed by atoms with Crippen LogP contribution in [0.15, 0.2) is 36.4 Å². The molecule has 2 rings (SSSR count). The van der Waals surface area contributed by atoms with Gasteiger partial charge in [0.25, 0.3) is 0 Å². The maximum Gasteiger partial charge on any atom is 0.124 e. The highest BCUT2D eigenvalue weighted by atomic mass is 35.5. The summed E-state index contributed by atoms with van der Waals surface area (Å²) in [7, 11) is 0. The SMILES string of the molecule is CC(N)c1ccccc1OCc1ccc(Cl)s1. The van der Waals surface area contributed by atoms with Crippen molar-refractivity contribution >= 4 is 22.9 Å². The lowest BCUT2D eigenvalue weighted by Gasteiger charge is -2.13. The van der Waals surface area contributed by atoms with E-state index in [0.717, 1.165) is 20.5 Å². The van der Waals surface area contributed by atoms with Crippen LogP contribution < -0.4 is 10.5 Å². The number of para-hydroxylation sites is 1. The molecule has 1 unspecified atom stereocenters. The fourth-order valence-corrected chi connectivity index (χ4v) is 2.57. The van der Waals surface area contributed by atoms with E-state index < -0.39 is 0 Å². The molecule has 17 heavy (non-hydrogen) atoms. The first-order chi connectivity index (χ1) is 8.16. The number of nitrogens with two attached hydrogens (primary N) is 1. The van der Waals surface area contributed by atoms with E-state index in [1.165, 1.54) is 11.3 Å². The third-order valence-corrected chi connectivity index (χ3v) is 3.61. The molecule has 2 aromatic rings. The van der Waals surface area contributed by atoms with E-state index in [9.17, 15) is 0 Å². The molecule has 0 fully saturated rings. The molecule has 1 aromatic carbocycles. The second-order valence-electron chi connectivity index (χ2n) is 3.82. The van der Waals surface area contributed by atoms with Gasteiger partial charge in [-0.25, -0.2) is 0 Å². The Morgan fingerprint density at radius 1 is 1.29 bits per heavy atom. The van der Waals surface area contributed by atoms with E-state index in [1.54, 1.807) is 0 Å². The number of rotatable bonds is 4. The molecular weight excluding hydrogens is 254 g/mol. The minimum absolute atomic E-state index is 0.0295. The summed E-state index contributed by atoms with van der Waals surface area (Å²) in [5, 5.41) is 0. The van der Waals surface area contributed by atoms with Gasteiger partial charge in [-0.3, -0.25) is 0 Å².